The second-order valence-corrected chi connectivity index (χ2v) is 8.55. The molecule has 2 heteroatoms. The average molecular weight is 398 g/mol. The molecule has 0 unspecified atom stereocenters. The third-order valence-electron chi connectivity index (χ3n) is 6.95. The van der Waals surface area contributed by atoms with Crippen molar-refractivity contribution in [2.45, 2.75) is 6.92 Å². The van der Waals surface area contributed by atoms with Crippen LogP contribution in [0.3, 0.4) is 0 Å². The SMILES string of the molecule is Cc1c(-c2cccc[n+]2C)cc2c3c4ccccc4ccc3n3c4ccccc4c1c23. The lowest BCUT2D eigenvalue weighted by Crippen LogP contribution is -2.30. The molecule has 0 saturated carbocycles. The summed E-state index contributed by atoms with van der Waals surface area (Å²) in [6, 6.07) is 31.0. The van der Waals surface area contributed by atoms with Crippen LogP contribution in [0, 0.1) is 6.92 Å². The van der Waals surface area contributed by atoms with Gasteiger partial charge in [0.15, 0.2) is 6.20 Å². The standard InChI is InChI=1S/C29H21N2/c1-18-22(24-12-7-8-16-30(24)2)17-23-28-20-10-4-3-9-19(20)14-15-26(28)31-25-13-6-5-11-21(25)27(18)29(23)31/h3-17H,1-2H3/q+1. The molecule has 3 heterocycles. The van der Waals surface area contributed by atoms with Crippen LogP contribution in [0.2, 0.25) is 0 Å². The smallest absolute Gasteiger partial charge is 0.212 e. The molecule has 0 saturated heterocycles. The predicted octanol–water partition coefficient (Wildman–Crippen LogP) is 6.79. The Balaban J connectivity index is 1.83. The summed E-state index contributed by atoms with van der Waals surface area (Å²) in [5.74, 6) is 0. The lowest BCUT2D eigenvalue weighted by atomic mass is 9.95. The topological polar surface area (TPSA) is 8.29 Å². The summed E-state index contributed by atoms with van der Waals surface area (Å²) in [6.07, 6.45) is 2.13. The van der Waals surface area contributed by atoms with Gasteiger partial charge in [0.25, 0.3) is 0 Å². The zero-order chi connectivity index (χ0) is 20.7. The maximum atomic E-state index is 2.48. The van der Waals surface area contributed by atoms with E-state index in [2.05, 4.69) is 114 Å². The van der Waals surface area contributed by atoms with E-state index in [0.717, 1.165) is 0 Å². The van der Waals surface area contributed by atoms with E-state index >= 15 is 0 Å². The number of aromatic nitrogens is 2. The van der Waals surface area contributed by atoms with Crippen molar-refractivity contribution in [1.29, 1.82) is 0 Å². The Labute approximate surface area is 179 Å². The second kappa shape index (κ2) is 5.83. The molecule has 0 aliphatic rings. The first-order chi connectivity index (χ1) is 15.2. The van der Waals surface area contributed by atoms with Crippen molar-refractivity contribution in [3.63, 3.8) is 0 Å². The molecule has 0 aliphatic carbocycles. The highest BCUT2D eigenvalue weighted by Crippen LogP contribution is 2.45. The summed E-state index contributed by atoms with van der Waals surface area (Å²) in [4.78, 5) is 0. The zero-order valence-electron chi connectivity index (χ0n) is 17.6. The van der Waals surface area contributed by atoms with E-state index in [-0.39, 0.29) is 0 Å². The van der Waals surface area contributed by atoms with Crippen molar-refractivity contribution < 1.29 is 4.57 Å². The van der Waals surface area contributed by atoms with Crippen LogP contribution in [0.15, 0.2) is 91.1 Å². The summed E-state index contributed by atoms with van der Waals surface area (Å²) in [7, 11) is 2.13. The monoisotopic (exact) mass is 397 g/mol. The van der Waals surface area contributed by atoms with Crippen molar-refractivity contribution in [1.82, 2.24) is 4.40 Å². The lowest BCUT2D eigenvalue weighted by Gasteiger charge is -2.08. The lowest BCUT2D eigenvalue weighted by molar-refractivity contribution is -0.660. The van der Waals surface area contributed by atoms with Gasteiger partial charge in [-0.3, -0.25) is 0 Å². The highest BCUT2D eigenvalue weighted by atomic mass is 14.9. The number of fused-ring (bicyclic) bond motifs is 8. The summed E-state index contributed by atoms with van der Waals surface area (Å²) in [5, 5.41) is 7.99. The van der Waals surface area contributed by atoms with Gasteiger partial charge in [0.05, 0.1) is 22.1 Å². The van der Waals surface area contributed by atoms with Crippen molar-refractivity contribution in [2.24, 2.45) is 7.05 Å². The third kappa shape index (κ3) is 2.04. The van der Waals surface area contributed by atoms with Crippen LogP contribution < -0.4 is 4.57 Å². The molecule has 7 rings (SSSR count). The molecule has 0 spiro atoms. The van der Waals surface area contributed by atoms with Crippen LogP contribution in [0.4, 0.5) is 0 Å². The minimum Gasteiger partial charge on any atom is -0.308 e. The van der Waals surface area contributed by atoms with Crippen molar-refractivity contribution in [3.05, 3.63) is 96.7 Å². The molecule has 0 bridgehead atoms. The molecule has 0 aliphatic heterocycles. The third-order valence-corrected chi connectivity index (χ3v) is 6.95. The van der Waals surface area contributed by atoms with Gasteiger partial charge in [0, 0.05) is 33.7 Å². The largest absolute Gasteiger partial charge is 0.308 e. The maximum absolute atomic E-state index is 2.48. The molecule has 0 radical (unpaired) electrons. The summed E-state index contributed by atoms with van der Waals surface area (Å²) in [5.41, 5.74) is 7.79. The Morgan fingerprint density at radius 2 is 1.45 bits per heavy atom. The molecular formula is C29H21N2+. The number of nitrogens with zero attached hydrogens (tertiary/aromatic N) is 2. The number of para-hydroxylation sites is 1. The first kappa shape index (κ1) is 16.8. The summed E-state index contributed by atoms with van der Waals surface area (Å²) in [6.45, 7) is 2.28. The Morgan fingerprint density at radius 1 is 0.677 bits per heavy atom. The predicted molar refractivity (Wildman–Crippen MR) is 130 cm³/mol. The van der Waals surface area contributed by atoms with Gasteiger partial charge in [-0.2, -0.15) is 0 Å². The fourth-order valence-corrected chi connectivity index (χ4v) is 5.57. The maximum Gasteiger partial charge on any atom is 0.212 e. The first-order valence-electron chi connectivity index (χ1n) is 10.8. The molecule has 0 amide bonds. The number of aryl methyl sites for hydroxylation is 2. The van der Waals surface area contributed by atoms with Crippen LogP contribution in [0.5, 0.6) is 0 Å². The van der Waals surface area contributed by atoms with Crippen LogP contribution in [0.1, 0.15) is 5.56 Å². The van der Waals surface area contributed by atoms with Crippen molar-refractivity contribution in [3.8, 4) is 11.3 Å². The van der Waals surface area contributed by atoms with E-state index in [1.165, 1.54) is 65.7 Å². The van der Waals surface area contributed by atoms with Crippen molar-refractivity contribution in [2.75, 3.05) is 0 Å². The van der Waals surface area contributed by atoms with E-state index in [1.54, 1.807) is 0 Å². The van der Waals surface area contributed by atoms with Gasteiger partial charge < -0.3 is 4.40 Å². The molecule has 2 nitrogen and oxygen atoms in total. The van der Waals surface area contributed by atoms with E-state index < -0.39 is 0 Å². The molecule has 0 N–H and O–H groups in total. The van der Waals surface area contributed by atoms with Gasteiger partial charge in [0.2, 0.25) is 5.69 Å². The van der Waals surface area contributed by atoms with Gasteiger partial charge >= 0.3 is 0 Å². The molecule has 7 aromatic rings. The molecule has 146 valence electrons. The quantitative estimate of drug-likeness (QED) is 0.270. The summed E-state index contributed by atoms with van der Waals surface area (Å²) >= 11 is 0. The molecule has 0 fully saturated rings. The molecule has 0 atom stereocenters. The Bertz CT molecular complexity index is 1800. The Morgan fingerprint density at radius 3 is 2.32 bits per heavy atom. The molecule has 3 aromatic heterocycles. The number of rotatable bonds is 1. The van der Waals surface area contributed by atoms with Gasteiger partial charge in [-0.15, -0.1) is 0 Å². The fourth-order valence-electron chi connectivity index (χ4n) is 5.57. The van der Waals surface area contributed by atoms with Crippen LogP contribution in [0.25, 0.3) is 60.1 Å². The molecular weight excluding hydrogens is 376 g/mol. The van der Waals surface area contributed by atoms with Crippen LogP contribution in [-0.2, 0) is 7.05 Å². The fraction of sp³-hybridized carbons (Fsp3) is 0.0690. The first-order valence-corrected chi connectivity index (χ1v) is 10.8. The number of benzene rings is 4. The van der Waals surface area contributed by atoms with Crippen molar-refractivity contribution >= 4 is 48.9 Å². The van der Waals surface area contributed by atoms with Gasteiger partial charge in [0.1, 0.15) is 7.05 Å². The second-order valence-electron chi connectivity index (χ2n) is 8.55. The minimum absolute atomic E-state index is 1.24. The molecule has 4 aromatic carbocycles. The van der Waals surface area contributed by atoms with Gasteiger partial charge in [-0.05, 0) is 47.5 Å². The van der Waals surface area contributed by atoms with Crippen LogP contribution in [-0.4, -0.2) is 4.40 Å². The van der Waals surface area contributed by atoms with Gasteiger partial charge in [-0.1, -0.05) is 48.5 Å². The van der Waals surface area contributed by atoms with Crippen LogP contribution >= 0.6 is 0 Å². The van der Waals surface area contributed by atoms with E-state index in [9.17, 15) is 0 Å². The highest BCUT2D eigenvalue weighted by molar-refractivity contribution is 6.30. The van der Waals surface area contributed by atoms with Gasteiger partial charge in [-0.25, -0.2) is 4.57 Å². The zero-order valence-corrected chi connectivity index (χ0v) is 17.6. The number of hydrogen-bond acceptors (Lipinski definition) is 0. The average Bonchev–Trinajstić information content (AvgIpc) is 3.32. The minimum atomic E-state index is 1.24. The Hall–Kier alpha value is -3.91. The van der Waals surface area contributed by atoms with E-state index in [4.69, 9.17) is 0 Å². The highest BCUT2D eigenvalue weighted by Gasteiger charge is 2.24. The summed E-state index contributed by atoms with van der Waals surface area (Å²) < 4.78 is 4.70. The normalized spacial score (nSPS) is 12.2. The van der Waals surface area contributed by atoms with E-state index in [0.29, 0.717) is 0 Å². The molecule has 31 heavy (non-hydrogen) atoms. The Kier molecular flexibility index (Phi) is 3.17. The number of pyridine rings is 1. The van der Waals surface area contributed by atoms with E-state index in [1.807, 2.05) is 0 Å². The number of hydrogen-bond donors (Lipinski definition) is 0.